The molecule has 3 nitrogen and oxygen atoms in total. The second-order valence-corrected chi connectivity index (χ2v) is 5.95. The SMILES string of the molecule is CC1=CC(C(C)F)(C(C)F)C(S(=O)(=O)O)C=C1. The highest BCUT2D eigenvalue weighted by atomic mass is 32.2. The van der Waals surface area contributed by atoms with Crippen LogP contribution in [0.1, 0.15) is 20.8 Å². The molecule has 0 radical (unpaired) electrons. The first-order chi connectivity index (χ1) is 7.62. The number of alkyl halides is 2. The molecule has 17 heavy (non-hydrogen) atoms. The van der Waals surface area contributed by atoms with Gasteiger partial charge in [-0.05, 0) is 20.8 Å². The van der Waals surface area contributed by atoms with E-state index < -0.39 is 33.1 Å². The number of halogens is 2. The van der Waals surface area contributed by atoms with Crippen molar-refractivity contribution in [2.75, 3.05) is 0 Å². The molecule has 0 heterocycles. The van der Waals surface area contributed by atoms with Gasteiger partial charge in [0.2, 0.25) is 0 Å². The normalized spacial score (nSPS) is 33.1. The number of allylic oxidation sites excluding steroid dienone is 3. The van der Waals surface area contributed by atoms with Crippen LogP contribution in [0.3, 0.4) is 0 Å². The van der Waals surface area contributed by atoms with E-state index in [-0.39, 0.29) is 0 Å². The lowest BCUT2D eigenvalue weighted by Gasteiger charge is -2.40. The molecule has 0 saturated carbocycles. The predicted octanol–water partition coefficient (Wildman–Crippen LogP) is 2.46. The first-order valence-electron chi connectivity index (χ1n) is 5.24. The van der Waals surface area contributed by atoms with E-state index in [0.717, 1.165) is 19.9 Å². The second kappa shape index (κ2) is 4.49. The third-order valence-corrected chi connectivity index (χ3v) is 4.41. The molecule has 0 aromatic rings. The molecule has 1 N–H and O–H groups in total. The topological polar surface area (TPSA) is 54.4 Å². The summed E-state index contributed by atoms with van der Waals surface area (Å²) in [6, 6.07) is 0. The average Bonchev–Trinajstić information content (AvgIpc) is 2.14. The molecular weight excluding hydrogens is 250 g/mol. The summed E-state index contributed by atoms with van der Waals surface area (Å²) in [5, 5.41) is -1.60. The van der Waals surface area contributed by atoms with Gasteiger partial charge in [-0.25, -0.2) is 8.78 Å². The summed E-state index contributed by atoms with van der Waals surface area (Å²) in [5.74, 6) is 0. The van der Waals surface area contributed by atoms with E-state index in [0.29, 0.717) is 5.57 Å². The van der Waals surface area contributed by atoms with Crippen molar-refractivity contribution < 1.29 is 21.8 Å². The van der Waals surface area contributed by atoms with Gasteiger partial charge in [-0.2, -0.15) is 8.42 Å². The van der Waals surface area contributed by atoms with E-state index in [1.807, 2.05) is 0 Å². The van der Waals surface area contributed by atoms with E-state index in [1.165, 1.54) is 12.2 Å². The highest BCUT2D eigenvalue weighted by Crippen LogP contribution is 2.43. The van der Waals surface area contributed by atoms with Crippen molar-refractivity contribution in [1.82, 2.24) is 0 Å². The molecule has 0 amide bonds. The van der Waals surface area contributed by atoms with Gasteiger partial charge in [-0.15, -0.1) is 0 Å². The molecule has 98 valence electrons. The highest BCUT2D eigenvalue weighted by Gasteiger charge is 2.52. The van der Waals surface area contributed by atoms with Crippen LogP contribution in [-0.2, 0) is 10.1 Å². The molecule has 1 aliphatic rings. The Morgan fingerprint density at radius 1 is 1.35 bits per heavy atom. The van der Waals surface area contributed by atoms with E-state index >= 15 is 0 Å². The molecule has 0 aromatic carbocycles. The molecule has 0 spiro atoms. The summed E-state index contributed by atoms with van der Waals surface area (Å²) < 4.78 is 59.1. The summed E-state index contributed by atoms with van der Waals surface area (Å²) in [6.45, 7) is 3.81. The Hall–Kier alpha value is -0.750. The molecular formula is C11H16F2O3S. The highest BCUT2D eigenvalue weighted by molar-refractivity contribution is 7.86. The maximum Gasteiger partial charge on any atom is 0.272 e. The van der Waals surface area contributed by atoms with Crippen molar-refractivity contribution in [3.63, 3.8) is 0 Å². The van der Waals surface area contributed by atoms with Gasteiger partial charge in [-0.3, -0.25) is 4.55 Å². The molecule has 6 heteroatoms. The van der Waals surface area contributed by atoms with Crippen molar-refractivity contribution in [3.05, 3.63) is 23.8 Å². The van der Waals surface area contributed by atoms with Gasteiger partial charge in [0.25, 0.3) is 10.1 Å². The van der Waals surface area contributed by atoms with Gasteiger partial charge in [0.1, 0.15) is 17.6 Å². The number of hydrogen-bond donors (Lipinski definition) is 1. The first-order valence-corrected chi connectivity index (χ1v) is 6.74. The average molecular weight is 266 g/mol. The Balaban J connectivity index is 3.45. The lowest BCUT2D eigenvalue weighted by atomic mass is 9.72. The summed E-state index contributed by atoms with van der Waals surface area (Å²) in [5.41, 5.74) is -1.30. The molecule has 1 aliphatic carbocycles. The van der Waals surface area contributed by atoms with Crippen LogP contribution in [-0.4, -0.2) is 30.6 Å². The third kappa shape index (κ3) is 2.42. The monoisotopic (exact) mass is 266 g/mol. The zero-order valence-electron chi connectivity index (χ0n) is 9.89. The second-order valence-electron chi connectivity index (χ2n) is 4.42. The van der Waals surface area contributed by atoms with Crippen LogP contribution in [0.2, 0.25) is 0 Å². The Bertz CT molecular complexity index is 441. The summed E-state index contributed by atoms with van der Waals surface area (Å²) in [4.78, 5) is 0. The molecule has 0 fully saturated rings. The Morgan fingerprint density at radius 3 is 2.18 bits per heavy atom. The molecule has 1 rings (SSSR count). The van der Waals surface area contributed by atoms with Crippen LogP contribution in [0.25, 0.3) is 0 Å². The van der Waals surface area contributed by atoms with Gasteiger partial charge < -0.3 is 0 Å². The van der Waals surface area contributed by atoms with Gasteiger partial charge in [0, 0.05) is 0 Å². The van der Waals surface area contributed by atoms with Crippen molar-refractivity contribution in [2.24, 2.45) is 5.41 Å². The van der Waals surface area contributed by atoms with Gasteiger partial charge in [-0.1, -0.05) is 23.8 Å². The summed E-state index contributed by atoms with van der Waals surface area (Å²) in [6.07, 6.45) is 0.336. The van der Waals surface area contributed by atoms with Crippen molar-refractivity contribution in [1.29, 1.82) is 0 Å². The fourth-order valence-corrected chi connectivity index (χ4v) is 3.52. The molecule has 3 atom stereocenters. The van der Waals surface area contributed by atoms with E-state index in [9.17, 15) is 17.2 Å². The minimum atomic E-state index is -4.56. The van der Waals surface area contributed by atoms with Crippen molar-refractivity contribution in [3.8, 4) is 0 Å². The number of rotatable bonds is 3. The van der Waals surface area contributed by atoms with Gasteiger partial charge >= 0.3 is 0 Å². The molecule has 0 bridgehead atoms. The Kier molecular flexibility index (Phi) is 3.78. The third-order valence-electron chi connectivity index (χ3n) is 3.20. The van der Waals surface area contributed by atoms with Crippen LogP contribution in [0.4, 0.5) is 8.78 Å². The molecule has 0 aromatic heterocycles. The Labute approximate surface area is 100.0 Å². The zero-order valence-corrected chi connectivity index (χ0v) is 10.7. The smallest absolute Gasteiger partial charge is 0.272 e. The van der Waals surface area contributed by atoms with E-state index in [2.05, 4.69) is 0 Å². The fraction of sp³-hybridized carbons (Fsp3) is 0.636. The Morgan fingerprint density at radius 2 is 1.82 bits per heavy atom. The maximum atomic E-state index is 13.8. The maximum absolute atomic E-state index is 13.8. The van der Waals surface area contributed by atoms with Crippen LogP contribution in [0, 0.1) is 5.41 Å². The van der Waals surface area contributed by atoms with E-state index in [1.54, 1.807) is 6.92 Å². The molecule has 0 aliphatic heterocycles. The number of hydrogen-bond acceptors (Lipinski definition) is 2. The van der Waals surface area contributed by atoms with Crippen LogP contribution in [0.15, 0.2) is 23.8 Å². The van der Waals surface area contributed by atoms with Gasteiger partial charge in [0.05, 0.1) is 5.41 Å². The fourth-order valence-electron chi connectivity index (χ4n) is 2.29. The molecule has 3 unspecified atom stereocenters. The molecule has 0 saturated heterocycles. The quantitative estimate of drug-likeness (QED) is 0.798. The van der Waals surface area contributed by atoms with E-state index in [4.69, 9.17) is 4.55 Å². The first kappa shape index (κ1) is 14.3. The lowest BCUT2D eigenvalue weighted by Crippen LogP contribution is -2.50. The largest absolute Gasteiger partial charge is 0.285 e. The minimum absolute atomic E-state index is 0.568. The standard InChI is InChI=1S/C11H16F2O3S/c1-7-4-5-10(17(14,15)16)11(6-7,8(2)12)9(3)13/h4-6,8-10H,1-3H3,(H,14,15,16). The zero-order chi connectivity index (χ0) is 13.4. The summed E-state index contributed by atoms with van der Waals surface area (Å²) >= 11 is 0. The van der Waals surface area contributed by atoms with Crippen molar-refractivity contribution >= 4 is 10.1 Å². The minimum Gasteiger partial charge on any atom is -0.285 e. The summed E-state index contributed by atoms with van der Waals surface area (Å²) in [7, 11) is -4.56. The van der Waals surface area contributed by atoms with Gasteiger partial charge in [0.15, 0.2) is 0 Å². The lowest BCUT2D eigenvalue weighted by molar-refractivity contribution is 0.0786. The van der Waals surface area contributed by atoms with Crippen LogP contribution < -0.4 is 0 Å². The predicted molar refractivity (Wildman–Crippen MR) is 61.8 cm³/mol. The van der Waals surface area contributed by atoms with Crippen LogP contribution >= 0.6 is 0 Å². The van der Waals surface area contributed by atoms with Crippen LogP contribution in [0.5, 0.6) is 0 Å². The van der Waals surface area contributed by atoms with Crippen molar-refractivity contribution in [2.45, 2.75) is 38.4 Å².